The van der Waals surface area contributed by atoms with Crippen LogP contribution >= 0.6 is 0 Å². The van der Waals surface area contributed by atoms with E-state index in [9.17, 15) is 17.6 Å². The minimum atomic E-state index is -4.36. The van der Waals surface area contributed by atoms with E-state index in [0.717, 1.165) is 34.7 Å². The maximum absolute atomic E-state index is 14.9. The van der Waals surface area contributed by atoms with Gasteiger partial charge in [-0.15, -0.1) is 0 Å². The molecule has 1 aliphatic rings. The van der Waals surface area contributed by atoms with Crippen molar-refractivity contribution in [2.75, 3.05) is 43.1 Å². The zero-order valence-corrected chi connectivity index (χ0v) is 24.1. The summed E-state index contributed by atoms with van der Waals surface area (Å²) in [6.45, 7) is 5.51. The number of nitrogens with zero attached hydrogens (tertiary/aromatic N) is 2. The van der Waals surface area contributed by atoms with Crippen LogP contribution in [0.1, 0.15) is 38.3 Å². The molecule has 214 valence electrons. The lowest BCUT2D eigenvalue weighted by Crippen LogP contribution is -2.42. The minimum Gasteiger partial charge on any atom is -0.493 e. The van der Waals surface area contributed by atoms with Gasteiger partial charge in [0.2, 0.25) is 5.91 Å². The van der Waals surface area contributed by atoms with E-state index in [0.29, 0.717) is 11.7 Å². The fraction of sp³-hybridized carbons (Fsp3) is 0.367. The first-order valence-corrected chi connectivity index (χ1v) is 14.7. The molecule has 8 nitrogen and oxygen atoms in total. The third-order valence-electron chi connectivity index (χ3n) is 7.14. The van der Waals surface area contributed by atoms with E-state index < -0.39 is 34.3 Å². The van der Waals surface area contributed by atoms with Gasteiger partial charge >= 0.3 is 0 Å². The van der Waals surface area contributed by atoms with Gasteiger partial charge in [0.05, 0.1) is 30.8 Å². The van der Waals surface area contributed by atoms with Crippen LogP contribution in [0, 0.1) is 11.7 Å². The third-order valence-corrected chi connectivity index (χ3v) is 8.90. The number of methoxy groups -OCH3 is 2. The molecule has 1 N–H and O–H groups in total. The first kappa shape index (κ1) is 29.2. The van der Waals surface area contributed by atoms with Gasteiger partial charge in [0.15, 0.2) is 11.5 Å². The lowest BCUT2D eigenvalue weighted by atomic mass is 9.99. The summed E-state index contributed by atoms with van der Waals surface area (Å²) in [5, 5.41) is 2.86. The van der Waals surface area contributed by atoms with Gasteiger partial charge in [-0.05, 0) is 67.6 Å². The predicted molar refractivity (Wildman–Crippen MR) is 154 cm³/mol. The van der Waals surface area contributed by atoms with Crippen molar-refractivity contribution in [2.45, 2.75) is 37.6 Å². The highest BCUT2D eigenvalue weighted by molar-refractivity contribution is 7.92. The second kappa shape index (κ2) is 12.6. The molecule has 1 amide bonds. The van der Waals surface area contributed by atoms with Crippen molar-refractivity contribution in [3.05, 3.63) is 78.1 Å². The van der Waals surface area contributed by atoms with E-state index in [1.54, 1.807) is 0 Å². The molecular formula is C30H36FN3O5S. The second-order valence-electron chi connectivity index (χ2n) is 10.1. The zero-order chi connectivity index (χ0) is 28.9. The number of anilines is 2. The standard InChI is InChI=1S/C30H36FN3O5S/c1-21-8-7-17-33(19-21)24-13-11-23(12-14-24)22(2)32-30(35)20-34(27-10-6-5-9-26(27)31)40(36,37)25-15-16-28(38-3)29(18-25)39-4/h5-6,9-16,18,21-22H,7-8,17,19-20H2,1-4H3,(H,32,35). The Morgan fingerprint density at radius 2 is 1.77 bits per heavy atom. The number of nitrogens with one attached hydrogen (secondary N) is 1. The van der Waals surface area contributed by atoms with Crippen LogP contribution in [0.5, 0.6) is 11.5 Å². The van der Waals surface area contributed by atoms with E-state index in [-0.39, 0.29) is 16.3 Å². The third kappa shape index (κ3) is 6.50. The van der Waals surface area contributed by atoms with Crippen LogP contribution in [0.25, 0.3) is 0 Å². The van der Waals surface area contributed by atoms with Gasteiger partial charge in [0.1, 0.15) is 12.4 Å². The molecular weight excluding hydrogens is 533 g/mol. The average Bonchev–Trinajstić information content (AvgIpc) is 2.96. The summed E-state index contributed by atoms with van der Waals surface area (Å²) in [5.74, 6) is -0.160. The number of hydrogen-bond donors (Lipinski definition) is 1. The Bertz CT molecular complexity index is 1430. The van der Waals surface area contributed by atoms with Crippen molar-refractivity contribution in [2.24, 2.45) is 5.92 Å². The highest BCUT2D eigenvalue weighted by atomic mass is 32.2. The Balaban J connectivity index is 1.54. The summed E-state index contributed by atoms with van der Waals surface area (Å²) in [7, 11) is -1.54. The van der Waals surface area contributed by atoms with Gasteiger partial charge in [-0.1, -0.05) is 31.2 Å². The van der Waals surface area contributed by atoms with Gasteiger partial charge in [0, 0.05) is 24.8 Å². The first-order chi connectivity index (χ1) is 19.1. The van der Waals surface area contributed by atoms with E-state index >= 15 is 0 Å². The molecule has 1 fully saturated rings. The number of piperidine rings is 1. The van der Waals surface area contributed by atoms with Crippen LogP contribution in [0.4, 0.5) is 15.8 Å². The molecule has 3 aromatic rings. The number of benzene rings is 3. The van der Waals surface area contributed by atoms with E-state index in [1.807, 2.05) is 31.2 Å². The molecule has 0 spiro atoms. The SMILES string of the molecule is COc1ccc(S(=O)(=O)N(CC(=O)NC(C)c2ccc(N3CCCC(C)C3)cc2)c2ccccc2F)cc1OC. The first-order valence-electron chi connectivity index (χ1n) is 13.3. The minimum absolute atomic E-state index is 0.170. The monoisotopic (exact) mass is 569 g/mol. The van der Waals surface area contributed by atoms with Gasteiger partial charge in [-0.2, -0.15) is 0 Å². The molecule has 0 bridgehead atoms. The number of sulfonamides is 1. The second-order valence-corrected chi connectivity index (χ2v) is 11.9. The summed E-state index contributed by atoms with van der Waals surface area (Å²) in [6, 6.07) is 17.1. The highest BCUT2D eigenvalue weighted by Gasteiger charge is 2.30. The maximum atomic E-state index is 14.9. The molecule has 1 saturated heterocycles. The number of rotatable bonds is 10. The summed E-state index contributed by atoms with van der Waals surface area (Å²) in [6.07, 6.45) is 2.41. The summed E-state index contributed by atoms with van der Waals surface area (Å²) >= 11 is 0. The molecule has 0 saturated carbocycles. The van der Waals surface area contributed by atoms with Crippen molar-refractivity contribution in [1.82, 2.24) is 5.32 Å². The molecule has 0 aliphatic carbocycles. The molecule has 3 aromatic carbocycles. The number of amides is 1. The van der Waals surface area contributed by atoms with Crippen LogP contribution in [0.3, 0.4) is 0 Å². The summed E-state index contributed by atoms with van der Waals surface area (Å²) < 4.78 is 53.5. The molecule has 1 heterocycles. The van der Waals surface area contributed by atoms with E-state index in [4.69, 9.17) is 9.47 Å². The molecule has 2 unspecified atom stereocenters. The van der Waals surface area contributed by atoms with Crippen molar-refractivity contribution in [3.63, 3.8) is 0 Å². The Kier molecular flexibility index (Phi) is 9.19. The fourth-order valence-electron chi connectivity index (χ4n) is 4.96. The zero-order valence-electron chi connectivity index (χ0n) is 23.3. The highest BCUT2D eigenvalue weighted by Crippen LogP contribution is 2.33. The number of carbonyl (C=O) groups excluding carboxylic acids is 1. The van der Waals surface area contributed by atoms with Crippen LogP contribution in [0.2, 0.25) is 0 Å². The van der Waals surface area contributed by atoms with Gasteiger partial charge in [-0.3, -0.25) is 9.10 Å². The van der Waals surface area contributed by atoms with Gasteiger partial charge in [-0.25, -0.2) is 12.8 Å². The smallest absolute Gasteiger partial charge is 0.265 e. The van der Waals surface area contributed by atoms with Crippen LogP contribution in [-0.4, -0.2) is 48.2 Å². The molecule has 4 rings (SSSR count). The maximum Gasteiger partial charge on any atom is 0.265 e. The normalized spacial score (nSPS) is 16.2. The predicted octanol–water partition coefficient (Wildman–Crippen LogP) is 5.15. The van der Waals surface area contributed by atoms with E-state index in [1.165, 1.54) is 63.5 Å². The molecule has 0 aromatic heterocycles. The van der Waals surface area contributed by atoms with Crippen LogP contribution in [-0.2, 0) is 14.8 Å². The van der Waals surface area contributed by atoms with Gasteiger partial charge in [0.25, 0.3) is 10.0 Å². The van der Waals surface area contributed by atoms with Crippen molar-refractivity contribution < 1.29 is 27.1 Å². The molecule has 2 atom stereocenters. The Hall–Kier alpha value is -3.79. The number of para-hydroxylation sites is 1. The summed E-state index contributed by atoms with van der Waals surface area (Å²) in [4.78, 5) is 15.4. The van der Waals surface area contributed by atoms with Crippen LogP contribution in [0.15, 0.2) is 71.6 Å². The summed E-state index contributed by atoms with van der Waals surface area (Å²) in [5.41, 5.74) is 1.78. The van der Waals surface area contributed by atoms with Crippen molar-refractivity contribution in [1.29, 1.82) is 0 Å². The van der Waals surface area contributed by atoms with Crippen molar-refractivity contribution >= 4 is 27.3 Å². The van der Waals surface area contributed by atoms with Crippen LogP contribution < -0.4 is 24.0 Å². The van der Waals surface area contributed by atoms with E-state index in [2.05, 4.69) is 17.1 Å². The number of ether oxygens (including phenoxy) is 2. The number of halogens is 1. The molecule has 0 radical (unpaired) electrons. The topological polar surface area (TPSA) is 88.2 Å². The Labute approximate surface area is 235 Å². The quantitative estimate of drug-likeness (QED) is 0.363. The Morgan fingerprint density at radius 1 is 1.07 bits per heavy atom. The molecule has 40 heavy (non-hydrogen) atoms. The lowest BCUT2D eigenvalue weighted by molar-refractivity contribution is -0.120. The fourth-order valence-corrected chi connectivity index (χ4v) is 6.40. The van der Waals surface area contributed by atoms with Gasteiger partial charge < -0.3 is 19.7 Å². The van der Waals surface area contributed by atoms with Crippen molar-refractivity contribution in [3.8, 4) is 11.5 Å². The number of carbonyl (C=O) groups is 1. The lowest BCUT2D eigenvalue weighted by Gasteiger charge is -2.33. The molecule has 10 heteroatoms. The average molecular weight is 570 g/mol. The largest absolute Gasteiger partial charge is 0.493 e. The number of hydrogen-bond acceptors (Lipinski definition) is 6. The Morgan fingerprint density at radius 3 is 2.42 bits per heavy atom. The molecule has 1 aliphatic heterocycles.